The smallest absolute Gasteiger partial charge is 0.191 e. The van der Waals surface area contributed by atoms with Crippen LogP contribution in [0, 0.1) is 11.3 Å². The van der Waals surface area contributed by atoms with Crippen LogP contribution < -0.4 is 10.6 Å². The second-order valence-corrected chi connectivity index (χ2v) is 6.82. The van der Waals surface area contributed by atoms with Crippen LogP contribution in [0.3, 0.4) is 0 Å². The number of halogens is 1. The minimum Gasteiger partial charge on any atom is -0.357 e. The Hall–Kier alpha value is -0.850. The minimum absolute atomic E-state index is 0. The Kier molecular flexibility index (Phi) is 8.87. The van der Waals surface area contributed by atoms with Gasteiger partial charge in [0, 0.05) is 19.3 Å². The zero-order valence-electron chi connectivity index (χ0n) is 14.6. The molecule has 2 N–H and O–H groups in total. The van der Waals surface area contributed by atoms with Crippen LogP contribution in [0.1, 0.15) is 52.1 Å². The summed E-state index contributed by atoms with van der Waals surface area (Å²) >= 11 is 0. The number of rotatable bonds is 7. The number of pyridine rings is 1. The third-order valence-electron chi connectivity index (χ3n) is 4.36. The van der Waals surface area contributed by atoms with E-state index in [2.05, 4.69) is 41.4 Å². The molecule has 5 heteroatoms. The molecule has 1 heterocycles. The molecule has 1 saturated carbocycles. The van der Waals surface area contributed by atoms with Crippen molar-refractivity contribution in [3.8, 4) is 0 Å². The molecule has 1 aliphatic rings. The molecule has 23 heavy (non-hydrogen) atoms. The van der Waals surface area contributed by atoms with Crippen LogP contribution in [0.25, 0.3) is 0 Å². The average Bonchev–Trinajstić information content (AvgIpc) is 2.47. The fourth-order valence-electron chi connectivity index (χ4n) is 3.26. The van der Waals surface area contributed by atoms with Gasteiger partial charge in [0.2, 0.25) is 0 Å². The van der Waals surface area contributed by atoms with E-state index in [1.165, 1.54) is 25.7 Å². The molecule has 1 aromatic rings. The van der Waals surface area contributed by atoms with E-state index in [1.807, 2.05) is 24.4 Å². The Bertz CT molecular complexity index is 469. The molecular weight excluding hydrogens is 399 g/mol. The molecular formula is C18H31IN4. The summed E-state index contributed by atoms with van der Waals surface area (Å²) in [4.78, 5) is 8.98. The highest BCUT2D eigenvalue weighted by Gasteiger charge is 2.37. The predicted octanol–water partition coefficient (Wildman–Crippen LogP) is 3.97. The highest BCUT2D eigenvalue weighted by molar-refractivity contribution is 14.0. The van der Waals surface area contributed by atoms with Crippen molar-refractivity contribution in [1.29, 1.82) is 0 Å². The first-order chi connectivity index (χ1) is 10.6. The van der Waals surface area contributed by atoms with E-state index in [0.717, 1.165) is 30.7 Å². The maximum Gasteiger partial charge on any atom is 0.191 e. The molecule has 2 rings (SSSR count). The Morgan fingerprint density at radius 2 is 2.09 bits per heavy atom. The van der Waals surface area contributed by atoms with Gasteiger partial charge >= 0.3 is 0 Å². The lowest BCUT2D eigenvalue weighted by atomic mass is 9.64. The van der Waals surface area contributed by atoms with E-state index in [9.17, 15) is 0 Å². The molecule has 0 aromatic carbocycles. The molecule has 0 aliphatic heterocycles. The predicted molar refractivity (Wildman–Crippen MR) is 108 cm³/mol. The number of aliphatic imine (C=N–C) groups is 1. The largest absolute Gasteiger partial charge is 0.357 e. The molecule has 0 amide bonds. The third kappa shape index (κ3) is 6.65. The lowest BCUT2D eigenvalue weighted by Crippen LogP contribution is -2.47. The van der Waals surface area contributed by atoms with E-state index in [4.69, 9.17) is 0 Å². The van der Waals surface area contributed by atoms with E-state index in [0.29, 0.717) is 12.0 Å². The van der Waals surface area contributed by atoms with Crippen molar-refractivity contribution >= 4 is 29.9 Å². The number of aromatic nitrogens is 1. The Morgan fingerprint density at radius 3 is 2.61 bits per heavy atom. The zero-order chi connectivity index (χ0) is 15.8. The standard InChI is InChI=1S/C18H30N4.HI/c1-4-19-17(21-13-16-8-5-6-11-20-16)22-14-18(9-7-10-18)12-15(2)3;/h5-6,8,11,15H,4,7,9-10,12-14H2,1-3H3,(H2,19,21,22);1H. The van der Waals surface area contributed by atoms with Crippen molar-refractivity contribution < 1.29 is 0 Å². The second-order valence-electron chi connectivity index (χ2n) is 6.82. The summed E-state index contributed by atoms with van der Waals surface area (Å²) in [5.41, 5.74) is 1.48. The number of hydrogen-bond donors (Lipinski definition) is 2. The molecule has 0 radical (unpaired) electrons. The molecule has 1 aromatic heterocycles. The van der Waals surface area contributed by atoms with Crippen LogP contribution in [-0.2, 0) is 6.54 Å². The van der Waals surface area contributed by atoms with Gasteiger partial charge in [0.05, 0.1) is 12.2 Å². The molecule has 0 unspecified atom stereocenters. The van der Waals surface area contributed by atoms with E-state index >= 15 is 0 Å². The second kappa shape index (κ2) is 10.1. The van der Waals surface area contributed by atoms with Gasteiger partial charge in [0.15, 0.2) is 5.96 Å². The summed E-state index contributed by atoms with van der Waals surface area (Å²) in [7, 11) is 0. The fourth-order valence-corrected chi connectivity index (χ4v) is 3.26. The van der Waals surface area contributed by atoms with Crippen molar-refractivity contribution in [1.82, 2.24) is 15.6 Å². The maximum absolute atomic E-state index is 4.66. The van der Waals surface area contributed by atoms with Crippen LogP contribution in [0.4, 0.5) is 0 Å². The van der Waals surface area contributed by atoms with Crippen LogP contribution in [-0.4, -0.2) is 24.0 Å². The molecule has 0 atom stereocenters. The van der Waals surface area contributed by atoms with Crippen molar-refractivity contribution in [3.05, 3.63) is 30.1 Å². The summed E-state index contributed by atoms with van der Waals surface area (Å²) < 4.78 is 0. The van der Waals surface area contributed by atoms with Gasteiger partial charge in [-0.15, -0.1) is 24.0 Å². The summed E-state index contributed by atoms with van der Waals surface area (Å²) in [6.07, 6.45) is 7.18. The lowest BCUT2D eigenvalue weighted by Gasteiger charge is -2.43. The summed E-state index contributed by atoms with van der Waals surface area (Å²) in [6.45, 7) is 9.27. The van der Waals surface area contributed by atoms with Crippen molar-refractivity contribution in [2.75, 3.05) is 13.1 Å². The van der Waals surface area contributed by atoms with Crippen molar-refractivity contribution in [2.24, 2.45) is 16.3 Å². The van der Waals surface area contributed by atoms with Gasteiger partial charge in [-0.2, -0.15) is 0 Å². The molecule has 0 saturated heterocycles. The number of hydrogen-bond acceptors (Lipinski definition) is 2. The van der Waals surface area contributed by atoms with Crippen LogP contribution in [0.15, 0.2) is 29.4 Å². The van der Waals surface area contributed by atoms with Gasteiger partial charge in [0.1, 0.15) is 0 Å². The number of nitrogens with one attached hydrogen (secondary N) is 2. The quantitative estimate of drug-likeness (QED) is 0.391. The first-order valence-corrected chi connectivity index (χ1v) is 8.56. The first kappa shape index (κ1) is 20.2. The monoisotopic (exact) mass is 430 g/mol. The molecule has 1 fully saturated rings. The van der Waals surface area contributed by atoms with Gasteiger partial charge in [-0.25, -0.2) is 4.99 Å². The SMILES string of the molecule is CCNC(=NCc1ccccn1)NCC1(CC(C)C)CCC1.I. The Morgan fingerprint density at radius 1 is 1.30 bits per heavy atom. The van der Waals surface area contributed by atoms with E-state index < -0.39 is 0 Å². The fraction of sp³-hybridized carbons (Fsp3) is 0.667. The highest BCUT2D eigenvalue weighted by atomic mass is 127. The molecule has 130 valence electrons. The summed E-state index contributed by atoms with van der Waals surface area (Å²) in [6, 6.07) is 5.95. The zero-order valence-corrected chi connectivity index (χ0v) is 17.0. The number of nitrogens with zero attached hydrogens (tertiary/aromatic N) is 2. The average molecular weight is 430 g/mol. The van der Waals surface area contributed by atoms with E-state index in [1.54, 1.807) is 0 Å². The van der Waals surface area contributed by atoms with Gasteiger partial charge in [0.25, 0.3) is 0 Å². The lowest BCUT2D eigenvalue weighted by molar-refractivity contribution is 0.104. The van der Waals surface area contributed by atoms with Crippen LogP contribution >= 0.6 is 24.0 Å². The van der Waals surface area contributed by atoms with E-state index in [-0.39, 0.29) is 24.0 Å². The summed E-state index contributed by atoms with van der Waals surface area (Å²) in [5.74, 6) is 1.67. The topological polar surface area (TPSA) is 49.3 Å². The molecule has 4 nitrogen and oxygen atoms in total. The van der Waals surface area contributed by atoms with Gasteiger partial charge in [-0.05, 0) is 49.7 Å². The molecule has 1 aliphatic carbocycles. The normalized spacial score (nSPS) is 16.4. The van der Waals surface area contributed by atoms with Crippen molar-refractivity contribution in [2.45, 2.75) is 53.0 Å². The van der Waals surface area contributed by atoms with Crippen molar-refractivity contribution in [3.63, 3.8) is 0 Å². The van der Waals surface area contributed by atoms with Crippen LogP contribution in [0.5, 0.6) is 0 Å². The number of guanidine groups is 1. The van der Waals surface area contributed by atoms with Gasteiger partial charge in [-0.1, -0.05) is 26.3 Å². The Balaban J connectivity index is 0.00000264. The summed E-state index contributed by atoms with van der Waals surface area (Å²) in [5, 5.41) is 6.89. The van der Waals surface area contributed by atoms with Gasteiger partial charge < -0.3 is 10.6 Å². The third-order valence-corrected chi connectivity index (χ3v) is 4.36. The first-order valence-electron chi connectivity index (χ1n) is 8.56. The van der Waals surface area contributed by atoms with Gasteiger partial charge in [-0.3, -0.25) is 4.98 Å². The maximum atomic E-state index is 4.66. The highest BCUT2D eigenvalue weighted by Crippen LogP contribution is 2.45. The molecule has 0 spiro atoms. The minimum atomic E-state index is 0. The molecule has 0 bridgehead atoms. The Labute approximate surface area is 158 Å². The van der Waals surface area contributed by atoms with Crippen LogP contribution in [0.2, 0.25) is 0 Å².